The topological polar surface area (TPSA) is 61.4 Å². The first-order valence-electron chi connectivity index (χ1n) is 12.1. The number of aryl methyl sites for hydroxylation is 1. The van der Waals surface area contributed by atoms with Gasteiger partial charge in [0.15, 0.2) is 0 Å². The second-order valence-electron chi connectivity index (χ2n) is 8.82. The molecule has 5 nitrogen and oxygen atoms in total. The lowest BCUT2D eigenvalue weighted by atomic mass is 10.0. The molecule has 1 aliphatic heterocycles. The zero-order valence-corrected chi connectivity index (χ0v) is 19.7. The fourth-order valence-corrected chi connectivity index (χ4v) is 4.02. The van der Waals surface area contributed by atoms with Crippen LogP contribution in [0.15, 0.2) is 42.5 Å². The second-order valence-corrected chi connectivity index (χ2v) is 8.82. The highest BCUT2D eigenvalue weighted by Crippen LogP contribution is 2.28. The number of carbonyl (C=O) groups excluding carboxylic acids is 2. The molecule has 0 saturated carbocycles. The van der Waals surface area contributed by atoms with Crippen molar-refractivity contribution in [2.45, 2.75) is 71.8 Å². The molecule has 2 aromatic rings. The van der Waals surface area contributed by atoms with Gasteiger partial charge in [0.25, 0.3) is 11.8 Å². The molecule has 0 spiro atoms. The Kier molecular flexibility index (Phi) is 8.72. The van der Waals surface area contributed by atoms with Gasteiger partial charge in [-0.05, 0) is 81.3 Å². The van der Waals surface area contributed by atoms with E-state index in [9.17, 15) is 9.59 Å². The minimum atomic E-state index is -0.161. The van der Waals surface area contributed by atoms with Crippen molar-refractivity contribution in [3.63, 3.8) is 0 Å². The first-order chi connectivity index (χ1) is 15.5. The molecule has 2 amide bonds. The maximum atomic E-state index is 13.1. The number of piperidine rings is 1. The average Bonchev–Trinajstić information content (AvgIpc) is 2.83. The molecule has 0 aliphatic carbocycles. The lowest BCUT2D eigenvalue weighted by Crippen LogP contribution is -2.35. The molecule has 172 valence electrons. The molecular weight excluding hydrogens is 398 g/mol. The maximum Gasteiger partial charge on any atom is 0.255 e. The molecule has 1 fully saturated rings. The van der Waals surface area contributed by atoms with E-state index in [4.69, 9.17) is 0 Å². The molecule has 2 N–H and O–H groups in total. The van der Waals surface area contributed by atoms with Crippen molar-refractivity contribution in [3.05, 3.63) is 59.2 Å². The van der Waals surface area contributed by atoms with Crippen LogP contribution in [-0.4, -0.2) is 30.9 Å². The molecule has 1 heterocycles. The molecule has 1 unspecified atom stereocenters. The number of anilines is 2. The fraction of sp³-hybridized carbons (Fsp3) is 0.481. The number of hydrogen-bond acceptors (Lipinski definition) is 3. The van der Waals surface area contributed by atoms with Gasteiger partial charge in [-0.25, -0.2) is 0 Å². The molecular formula is C27H37N3O2. The van der Waals surface area contributed by atoms with Crippen molar-refractivity contribution in [3.8, 4) is 0 Å². The summed E-state index contributed by atoms with van der Waals surface area (Å²) >= 11 is 0. The lowest BCUT2D eigenvalue weighted by molar-refractivity contribution is 0.0938. The summed E-state index contributed by atoms with van der Waals surface area (Å²) < 4.78 is 0. The first-order valence-corrected chi connectivity index (χ1v) is 12.1. The summed E-state index contributed by atoms with van der Waals surface area (Å²) in [6, 6.07) is 13.6. The van der Waals surface area contributed by atoms with Gasteiger partial charge in [-0.2, -0.15) is 0 Å². The van der Waals surface area contributed by atoms with Gasteiger partial charge < -0.3 is 15.5 Å². The van der Waals surface area contributed by atoms with E-state index in [1.807, 2.05) is 49.4 Å². The molecule has 1 saturated heterocycles. The normalized spacial score (nSPS) is 14.7. The Bertz CT molecular complexity index is 902. The van der Waals surface area contributed by atoms with Gasteiger partial charge in [-0.1, -0.05) is 32.4 Å². The van der Waals surface area contributed by atoms with Gasteiger partial charge in [0, 0.05) is 36.1 Å². The van der Waals surface area contributed by atoms with Crippen LogP contribution >= 0.6 is 0 Å². The molecule has 2 aromatic carbocycles. The largest absolute Gasteiger partial charge is 0.371 e. The zero-order valence-electron chi connectivity index (χ0n) is 19.7. The Morgan fingerprint density at radius 1 is 0.969 bits per heavy atom. The zero-order chi connectivity index (χ0) is 22.9. The molecule has 32 heavy (non-hydrogen) atoms. The summed E-state index contributed by atoms with van der Waals surface area (Å²) in [4.78, 5) is 28.2. The van der Waals surface area contributed by atoms with Crippen molar-refractivity contribution < 1.29 is 9.59 Å². The van der Waals surface area contributed by atoms with E-state index in [-0.39, 0.29) is 17.9 Å². The molecule has 0 radical (unpaired) electrons. The monoisotopic (exact) mass is 435 g/mol. The predicted octanol–water partition coefficient (Wildman–Crippen LogP) is 5.80. The van der Waals surface area contributed by atoms with Crippen LogP contribution in [-0.2, 0) is 6.42 Å². The van der Waals surface area contributed by atoms with Gasteiger partial charge in [-0.3, -0.25) is 9.59 Å². The minimum Gasteiger partial charge on any atom is -0.371 e. The summed E-state index contributed by atoms with van der Waals surface area (Å²) in [6.07, 6.45) is 7.72. The van der Waals surface area contributed by atoms with E-state index < -0.39 is 0 Å². The van der Waals surface area contributed by atoms with Crippen LogP contribution < -0.4 is 15.5 Å². The third-order valence-corrected chi connectivity index (χ3v) is 6.22. The summed E-state index contributed by atoms with van der Waals surface area (Å²) in [7, 11) is 0. The maximum absolute atomic E-state index is 13.1. The average molecular weight is 436 g/mol. The second kappa shape index (κ2) is 11.7. The number of rotatable bonds is 9. The van der Waals surface area contributed by atoms with Gasteiger partial charge >= 0.3 is 0 Å². The van der Waals surface area contributed by atoms with Gasteiger partial charge in [0.1, 0.15) is 0 Å². The minimum absolute atomic E-state index is 0.0868. The molecule has 5 heteroatoms. The SMILES string of the molecule is CCCCc1ccc(C(=O)Nc2ccc(N3CCCCC3)c(C(=O)NC(C)CC)c2)cc1. The third-order valence-electron chi connectivity index (χ3n) is 6.22. The van der Waals surface area contributed by atoms with Crippen LogP contribution in [0.3, 0.4) is 0 Å². The first kappa shape index (κ1) is 23.8. The predicted molar refractivity (Wildman–Crippen MR) is 133 cm³/mol. The van der Waals surface area contributed by atoms with Gasteiger partial charge in [0.2, 0.25) is 0 Å². The number of amides is 2. The summed E-state index contributed by atoms with van der Waals surface area (Å²) in [5.74, 6) is -0.248. The Morgan fingerprint density at radius 2 is 1.69 bits per heavy atom. The summed E-state index contributed by atoms with van der Waals surface area (Å²) in [6.45, 7) is 8.16. The molecule has 0 bridgehead atoms. The van der Waals surface area contributed by atoms with Crippen LogP contribution in [0.4, 0.5) is 11.4 Å². The number of nitrogens with zero attached hydrogens (tertiary/aromatic N) is 1. The van der Waals surface area contributed by atoms with Gasteiger partial charge in [0.05, 0.1) is 5.56 Å². The van der Waals surface area contributed by atoms with Crippen LogP contribution in [0.25, 0.3) is 0 Å². The summed E-state index contributed by atoms with van der Waals surface area (Å²) in [5, 5.41) is 6.06. The van der Waals surface area contributed by atoms with Crippen LogP contribution in [0.2, 0.25) is 0 Å². The molecule has 1 atom stereocenters. The van der Waals surface area contributed by atoms with Crippen molar-refractivity contribution >= 4 is 23.2 Å². The van der Waals surface area contributed by atoms with Gasteiger partial charge in [-0.15, -0.1) is 0 Å². The van der Waals surface area contributed by atoms with Crippen molar-refractivity contribution in [2.24, 2.45) is 0 Å². The quantitative estimate of drug-likeness (QED) is 0.523. The highest BCUT2D eigenvalue weighted by molar-refractivity contribution is 6.06. The number of nitrogens with one attached hydrogen (secondary N) is 2. The smallest absolute Gasteiger partial charge is 0.255 e. The Hall–Kier alpha value is -2.82. The fourth-order valence-electron chi connectivity index (χ4n) is 4.02. The number of benzene rings is 2. The number of hydrogen-bond donors (Lipinski definition) is 2. The Labute approximate surface area is 192 Å². The Morgan fingerprint density at radius 3 is 2.34 bits per heavy atom. The Balaban J connectivity index is 1.79. The van der Waals surface area contributed by atoms with Crippen LogP contribution in [0.1, 0.15) is 85.6 Å². The van der Waals surface area contributed by atoms with E-state index >= 15 is 0 Å². The third kappa shape index (κ3) is 6.35. The van der Waals surface area contributed by atoms with Crippen molar-refractivity contribution in [1.82, 2.24) is 5.32 Å². The van der Waals surface area contributed by atoms with Crippen molar-refractivity contribution in [2.75, 3.05) is 23.3 Å². The van der Waals surface area contributed by atoms with E-state index in [2.05, 4.69) is 29.4 Å². The highest BCUT2D eigenvalue weighted by Gasteiger charge is 2.20. The molecule has 0 aromatic heterocycles. The highest BCUT2D eigenvalue weighted by atomic mass is 16.2. The summed E-state index contributed by atoms with van der Waals surface area (Å²) in [5.41, 5.74) is 4.08. The standard InChI is InChI=1S/C27H37N3O2/c1-4-6-10-21-11-13-22(14-12-21)26(31)29-23-15-16-25(30-17-8-7-9-18-30)24(19-23)27(32)28-20(3)5-2/h11-16,19-20H,4-10,17-18H2,1-3H3,(H,28,32)(H,29,31). The van der Waals surface area contributed by atoms with E-state index in [1.165, 1.54) is 12.0 Å². The molecule has 3 rings (SSSR count). The van der Waals surface area contributed by atoms with Crippen LogP contribution in [0, 0.1) is 0 Å². The lowest BCUT2D eigenvalue weighted by Gasteiger charge is -2.31. The van der Waals surface area contributed by atoms with E-state index in [1.54, 1.807) is 0 Å². The van der Waals surface area contributed by atoms with E-state index in [0.29, 0.717) is 16.8 Å². The van der Waals surface area contributed by atoms with Crippen LogP contribution in [0.5, 0.6) is 0 Å². The number of carbonyl (C=O) groups is 2. The molecule has 1 aliphatic rings. The van der Waals surface area contributed by atoms with Crippen molar-refractivity contribution in [1.29, 1.82) is 0 Å². The van der Waals surface area contributed by atoms with E-state index in [0.717, 1.165) is 57.3 Å². The number of unbranched alkanes of at least 4 members (excludes halogenated alkanes) is 1.